The van der Waals surface area contributed by atoms with Crippen LogP contribution < -0.4 is 0 Å². The predicted octanol–water partition coefficient (Wildman–Crippen LogP) is 3.84. The molecule has 1 amide bonds. The number of carbonyl (C=O) groups excluding carboxylic acids is 1. The summed E-state index contributed by atoms with van der Waals surface area (Å²) in [4.78, 5) is 14.2. The van der Waals surface area contributed by atoms with Crippen molar-refractivity contribution < 1.29 is 9.21 Å². The summed E-state index contributed by atoms with van der Waals surface area (Å²) in [5, 5.41) is 10.5. The molecule has 1 unspecified atom stereocenters. The van der Waals surface area contributed by atoms with E-state index in [1.807, 2.05) is 26.1 Å². The van der Waals surface area contributed by atoms with E-state index in [4.69, 9.17) is 4.42 Å². The van der Waals surface area contributed by atoms with E-state index in [0.717, 1.165) is 5.56 Å². The van der Waals surface area contributed by atoms with E-state index in [1.54, 1.807) is 11.8 Å². The molecule has 1 aromatic heterocycles. The maximum atomic E-state index is 12.4. The van der Waals surface area contributed by atoms with Crippen molar-refractivity contribution in [1.29, 1.82) is 0 Å². The number of thioether (sulfide) groups is 1. The van der Waals surface area contributed by atoms with E-state index in [2.05, 4.69) is 40.5 Å². The van der Waals surface area contributed by atoms with Gasteiger partial charge in [0.25, 0.3) is 5.22 Å². The minimum absolute atomic E-state index is 0.00729. The molecular weight excluding hydrogens is 322 g/mol. The first-order valence-electron chi connectivity index (χ1n) is 7.72. The number of amides is 1. The van der Waals surface area contributed by atoms with Gasteiger partial charge in [-0.25, -0.2) is 0 Å². The Labute approximate surface area is 145 Å². The first-order chi connectivity index (χ1) is 11.5. The summed E-state index contributed by atoms with van der Waals surface area (Å²) in [6, 6.07) is 14.5. The zero-order valence-corrected chi connectivity index (χ0v) is 14.7. The van der Waals surface area contributed by atoms with Crippen molar-refractivity contribution in [3.05, 3.63) is 53.9 Å². The molecule has 2 aromatic carbocycles. The van der Waals surface area contributed by atoms with Crippen LogP contribution >= 0.6 is 11.8 Å². The van der Waals surface area contributed by atoms with Crippen LogP contribution in [0, 0.1) is 6.92 Å². The Hall–Kier alpha value is -2.34. The van der Waals surface area contributed by atoms with Crippen LogP contribution in [0.15, 0.2) is 52.1 Å². The van der Waals surface area contributed by atoms with Crippen molar-refractivity contribution in [2.45, 2.75) is 25.1 Å². The van der Waals surface area contributed by atoms with Gasteiger partial charge in [0.05, 0.1) is 11.8 Å². The summed E-state index contributed by atoms with van der Waals surface area (Å²) in [5.41, 5.74) is 1.11. The van der Waals surface area contributed by atoms with Crippen molar-refractivity contribution in [1.82, 2.24) is 15.1 Å². The molecule has 0 N–H and O–H groups in total. The molecule has 124 valence electrons. The Morgan fingerprint density at radius 2 is 1.96 bits per heavy atom. The van der Waals surface area contributed by atoms with E-state index >= 15 is 0 Å². The maximum absolute atomic E-state index is 12.4. The number of benzene rings is 2. The molecule has 0 saturated carbocycles. The lowest BCUT2D eigenvalue weighted by Gasteiger charge is -2.25. The summed E-state index contributed by atoms with van der Waals surface area (Å²) < 4.78 is 5.28. The molecule has 3 rings (SSSR count). The second-order valence-corrected chi connectivity index (χ2v) is 6.59. The topological polar surface area (TPSA) is 59.2 Å². The molecule has 5 nitrogen and oxygen atoms in total. The molecule has 0 radical (unpaired) electrons. The molecule has 1 heterocycles. The average molecular weight is 341 g/mol. The first kappa shape index (κ1) is 16.5. The van der Waals surface area contributed by atoms with Crippen molar-refractivity contribution in [3.8, 4) is 0 Å². The Bertz CT molecular complexity index is 862. The lowest BCUT2D eigenvalue weighted by atomic mass is 10.0. The summed E-state index contributed by atoms with van der Waals surface area (Å²) >= 11 is 1.26. The fourth-order valence-electron chi connectivity index (χ4n) is 2.47. The van der Waals surface area contributed by atoms with Crippen LogP contribution in [0.1, 0.15) is 24.4 Å². The van der Waals surface area contributed by atoms with Gasteiger partial charge in [-0.3, -0.25) is 4.79 Å². The number of nitrogens with zero attached hydrogens (tertiary/aromatic N) is 3. The second-order valence-electron chi connectivity index (χ2n) is 5.66. The highest BCUT2D eigenvalue weighted by atomic mass is 32.2. The van der Waals surface area contributed by atoms with Crippen molar-refractivity contribution in [3.63, 3.8) is 0 Å². The van der Waals surface area contributed by atoms with Crippen LogP contribution in [0.3, 0.4) is 0 Å². The third-order valence-corrected chi connectivity index (χ3v) is 4.86. The molecule has 6 heteroatoms. The van der Waals surface area contributed by atoms with Crippen molar-refractivity contribution in [2.75, 3.05) is 12.8 Å². The summed E-state index contributed by atoms with van der Waals surface area (Å²) in [7, 11) is 1.82. The third kappa shape index (κ3) is 3.59. The fraction of sp³-hybridized carbons (Fsp3) is 0.278. The van der Waals surface area contributed by atoms with E-state index in [-0.39, 0.29) is 17.7 Å². The van der Waals surface area contributed by atoms with Crippen LogP contribution in [-0.2, 0) is 4.79 Å². The lowest BCUT2D eigenvalue weighted by molar-refractivity contribution is -0.128. The molecule has 0 aliphatic heterocycles. The number of aromatic nitrogens is 2. The molecule has 0 spiro atoms. The largest absolute Gasteiger partial charge is 0.416 e. The molecule has 24 heavy (non-hydrogen) atoms. The normalized spacial score (nSPS) is 12.3. The summed E-state index contributed by atoms with van der Waals surface area (Å²) in [6.45, 7) is 3.76. The van der Waals surface area contributed by atoms with Crippen molar-refractivity contribution in [2.24, 2.45) is 0 Å². The number of rotatable bonds is 5. The van der Waals surface area contributed by atoms with Gasteiger partial charge in [-0.05, 0) is 29.3 Å². The molecule has 0 saturated heterocycles. The van der Waals surface area contributed by atoms with Crippen LogP contribution in [0.5, 0.6) is 0 Å². The number of carbonyl (C=O) groups is 1. The van der Waals surface area contributed by atoms with Crippen LogP contribution in [-0.4, -0.2) is 33.8 Å². The van der Waals surface area contributed by atoms with E-state index in [9.17, 15) is 4.79 Å². The lowest BCUT2D eigenvalue weighted by Crippen LogP contribution is -2.31. The minimum Gasteiger partial charge on any atom is -0.416 e. The highest BCUT2D eigenvalue weighted by Crippen LogP contribution is 2.25. The number of fused-ring (bicyclic) bond motifs is 1. The molecule has 3 aromatic rings. The fourth-order valence-corrected chi connectivity index (χ4v) is 3.20. The molecule has 0 aliphatic rings. The average Bonchev–Trinajstić information content (AvgIpc) is 3.03. The van der Waals surface area contributed by atoms with Gasteiger partial charge in [-0.1, -0.05) is 48.2 Å². The molecular formula is C18H19N3O2S. The highest BCUT2D eigenvalue weighted by molar-refractivity contribution is 7.99. The zero-order chi connectivity index (χ0) is 17.1. The van der Waals surface area contributed by atoms with Gasteiger partial charge in [-0.15, -0.1) is 10.2 Å². The highest BCUT2D eigenvalue weighted by Gasteiger charge is 2.18. The van der Waals surface area contributed by atoms with Crippen LogP contribution in [0.4, 0.5) is 0 Å². The zero-order valence-electron chi connectivity index (χ0n) is 13.9. The summed E-state index contributed by atoms with van der Waals surface area (Å²) in [5.74, 6) is 0.801. The van der Waals surface area contributed by atoms with Gasteiger partial charge < -0.3 is 9.32 Å². The van der Waals surface area contributed by atoms with Gasteiger partial charge in [0.2, 0.25) is 11.8 Å². The second kappa shape index (κ2) is 7.05. The minimum atomic E-state index is -0.00729. The van der Waals surface area contributed by atoms with Crippen LogP contribution in [0.25, 0.3) is 10.8 Å². The maximum Gasteiger partial charge on any atom is 0.277 e. The van der Waals surface area contributed by atoms with Gasteiger partial charge in [-0.2, -0.15) is 0 Å². The quantitative estimate of drug-likeness (QED) is 0.660. The number of hydrogen-bond donors (Lipinski definition) is 0. The monoisotopic (exact) mass is 341 g/mol. The standard InChI is InChI=1S/C18H19N3O2S/c1-12(15-9-8-14-6-4-5-7-16(14)10-15)21(3)17(22)11-24-18-20-19-13(2)23-18/h4-10,12H,11H2,1-3H3. The summed E-state index contributed by atoms with van der Waals surface area (Å²) in [6.07, 6.45) is 0. The van der Waals surface area contributed by atoms with E-state index in [1.165, 1.54) is 22.5 Å². The first-order valence-corrected chi connectivity index (χ1v) is 8.70. The SMILES string of the molecule is Cc1nnc(SCC(=O)N(C)C(C)c2ccc3ccccc3c2)o1. The predicted molar refractivity (Wildman–Crippen MR) is 94.9 cm³/mol. The Kier molecular flexibility index (Phi) is 4.85. The smallest absolute Gasteiger partial charge is 0.277 e. The number of hydrogen-bond acceptors (Lipinski definition) is 5. The number of aryl methyl sites for hydroxylation is 1. The molecule has 0 fully saturated rings. The third-order valence-electron chi connectivity index (χ3n) is 4.06. The Balaban J connectivity index is 1.67. The van der Waals surface area contributed by atoms with E-state index in [0.29, 0.717) is 11.1 Å². The van der Waals surface area contributed by atoms with Crippen LogP contribution in [0.2, 0.25) is 0 Å². The van der Waals surface area contributed by atoms with Gasteiger partial charge >= 0.3 is 0 Å². The molecule has 0 bridgehead atoms. The van der Waals surface area contributed by atoms with Crippen molar-refractivity contribution >= 4 is 28.4 Å². The molecule has 1 atom stereocenters. The van der Waals surface area contributed by atoms with Gasteiger partial charge in [0.15, 0.2) is 0 Å². The van der Waals surface area contributed by atoms with E-state index < -0.39 is 0 Å². The molecule has 0 aliphatic carbocycles. The Morgan fingerprint density at radius 3 is 2.67 bits per heavy atom. The van der Waals surface area contributed by atoms with Gasteiger partial charge in [0.1, 0.15) is 0 Å². The Morgan fingerprint density at radius 1 is 1.21 bits per heavy atom. The van der Waals surface area contributed by atoms with Gasteiger partial charge in [0, 0.05) is 14.0 Å².